The number of amides is 1. The fourth-order valence-corrected chi connectivity index (χ4v) is 3.26. The van der Waals surface area contributed by atoms with Gasteiger partial charge in [0.15, 0.2) is 0 Å². The topological polar surface area (TPSA) is 104 Å². The highest BCUT2D eigenvalue weighted by molar-refractivity contribution is 6.28. The van der Waals surface area contributed by atoms with Crippen molar-refractivity contribution in [3.8, 4) is 6.07 Å². The Balaban J connectivity index is 1.67. The highest BCUT2D eigenvalue weighted by Gasteiger charge is 2.43. The van der Waals surface area contributed by atoms with Crippen molar-refractivity contribution in [3.05, 3.63) is 36.0 Å². The summed E-state index contributed by atoms with van der Waals surface area (Å²) in [5, 5.41) is 12.6. The third kappa shape index (κ3) is 3.17. The highest BCUT2D eigenvalue weighted by atomic mass is 19.4. The fourth-order valence-electron chi connectivity index (χ4n) is 3.26. The Hall–Kier alpha value is -3.41. The van der Waals surface area contributed by atoms with Crippen LogP contribution in [0.1, 0.15) is 12.0 Å². The number of nitrogen functional groups attached to an aromatic ring is 1. The lowest BCUT2D eigenvalue weighted by Crippen LogP contribution is -2.22. The van der Waals surface area contributed by atoms with E-state index in [0.29, 0.717) is 22.8 Å². The molecule has 2 aliphatic rings. The second-order valence-electron chi connectivity index (χ2n) is 6.73. The molecule has 1 fully saturated rings. The van der Waals surface area contributed by atoms with Crippen molar-refractivity contribution in [3.63, 3.8) is 0 Å². The molecule has 28 heavy (non-hydrogen) atoms. The third-order valence-corrected chi connectivity index (χ3v) is 4.79. The number of aromatic nitrogens is 1. The number of aliphatic imine (C=N–C) groups is 1. The molecule has 142 valence electrons. The van der Waals surface area contributed by atoms with Gasteiger partial charge in [-0.25, -0.2) is 4.98 Å². The molecule has 6 nitrogen and oxygen atoms in total. The van der Waals surface area contributed by atoms with Gasteiger partial charge < -0.3 is 11.1 Å². The lowest BCUT2D eigenvalue weighted by molar-refractivity contribution is -0.117. The second kappa shape index (κ2) is 6.34. The van der Waals surface area contributed by atoms with Gasteiger partial charge in [0.2, 0.25) is 5.91 Å². The number of halogens is 3. The van der Waals surface area contributed by atoms with Crippen LogP contribution in [0.25, 0.3) is 16.3 Å². The Morgan fingerprint density at radius 1 is 1.32 bits per heavy atom. The minimum atomic E-state index is -4.55. The van der Waals surface area contributed by atoms with Crippen LogP contribution in [0.3, 0.4) is 0 Å². The molecule has 1 aliphatic heterocycles. The first-order valence-corrected chi connectivity index (χ1v) is 8.50. The van der Waals surface area contributed by atoms with Crippen LogP contribution < -0.4 is 11.1 Å². The molecule has 1 aliphatic carbocycles. The summed E-state index contributed by atoms with van der Waals surface area (Å²) in [7, 11) is 0. The number of nitrogens with zero attached hydrogens (tertiary/aromatic N) is 3. The zero-order valence-electron chi connectivity index (χ0n) is 14.4. The Bertz CT molecular complexity index is 1100. The predicted molar refractivity (Wildman–Crippen MR) is 98.3 cm³/mol. The number of hydrogen-bond donors (Lipinski definition) is 2. The zero-order valence-corrected chi connectivity index (χ0v) is 14.4. The number of hydrogen-bond acceptors (Lipinski definition) is 5. The molecule has 0 saturated heterocycles. The summed E-state index contributed by atoms with van der Waals surface area (Å²) < 4.78 is 39.5. The van der Waals surface area contributed by atoms with E-state index in [1.54, 1.807) is 12.1 Å². The summed E-state index contributed by atoms with van der Waals surface area (Å²) in [5.74, 6) is -0.680. The minimum Gasteiger partial charge on any atom is -0.398 e. The molecule has 2 atom stereocenters. The average molecular weight is 385 g/mol. The fraction of sp³-hybridized carbons (Fsp3) is 0.263. The van der Waals surface area contributed by atoms with Crippen LogP contribution in [0.5, 0.6) is 0 Å². The van der Waals surface area contributed by atoms with Gasteiger partial charge in [-0.15, -0.1) is 0 Å². The molecule has 0 radical (unpaired) electrons. The summed E-state index contributed by atoms with van der Waals surface area (Å²) in [4.78, 5) is 19.8. The van der Waals surface area contributed by atoms with Crippen LogP contribution >= 0.6 is 0 Å². The lowest BCUT2D eigenvalue weighted by atomic mass is 9.98. The molecule has 4 rings (SSSR count). The Morgan fingerprint density at radius 3 is 2.79 bits per heavy atom. The number of allylic oxidation sites excluding steroid dienone is 1. The van der Waals surface area contributed by atoms with E-state index in [0.717, 1.165) is 0 Å². The zero-order chi connectivity index (χ0) is 20.1. The number of benzene rings is 1. The summed E-state index contributed by atoms with van der Waals surface area (Å²) in [6, 6.07) is 6.62. The Morgan fingerprint density at radius 2 is 2.11 bits per heavy atom. The molecule has 1 aromatic heterocycles. The predicted octanol–water partition coefficient (Wildman–Crippen LogP) is 3.32. The summed E-state index contributed by atoms with van der Waals surface area (Å²) in [5.41, 5.74) is 5.65. The lowest BCUT2D eigenvalue weighted by Gasteiger charge is -2.13. The molecule has 9 heteroatoms. The third-order valence-electron chi connectivity index (χ3n) is 4.79. The quantitative estimate of drug-likeness (QED) is 0.791. The monoisotopic (exact) mass is 385 g/mol. The van der Waals surface area contributed by atoms with Gasteiger partial charge in [-0.3, -0.25) is 9.79 Å². The van der Waals surface area contributed by atoms with Crippen molar-refractivity contribution in [2.45, 2.75) is 12.6 Å². The number of nitrogens with one attached hydrogen (secondary N) is 1. The van der Waals surface area contributed by atoms with E-state index in [1.807, 2.05) is 6.07 Å². The van der Waals surface area contributed by atoms with Crippen LogP contribution in [0.2, 0.25) is 0 Å². The standard InChI is InChI=1S/C19H14F3N5O/c20-19(21,22)17-12(1-2-25-17)9-3-10-6-16(26-8-14(10)15(24)5-9)27-18(28)13-4-11(13)7-23/h1,3,5-6,8,11,13H,2,4,24H2,(H,26,27,28)/t11-,13+/m0/s1. The molecule has 0 spiro atoms. The van der Waals surface area contributed by atoms with E-state index in [-0.39, 0.29) is 41.4 Å². The summed E-state index contributed by atoms with van der Waals surface area (Å²) >= 11 is 0. The summed E-state index contributed by atoms with van der Waals surface area (Å²) in [6.07, 6.45) is -1.17. The molecule has 0 unspecified atom stereocenters. The van der Waals surface area contributed by atoms with Crippen LogP contribution in [-0.4, -0.2) is 29.3 Å². The number of rotatable bonds is 3. The molecular weight excluding hydrogens is 371 g/mol. The smallest absolute Gasteiger partial charge is 0.398 e. The number of nitrogens with two attached hydrogens (primary N) is 1. The number of alkyl halides is 3. The average Bonchev–Trinajstić information content (AvgIpc) is 3.25. The van der Waals surface area contributed by atoms with E-state index in [2.05, 4.69) is 15.3 Å². The summed E-state index contributed by atoms with van der Waals surface area (Å²) in [6.45, 7) is -0.0405. The maximum atomic E-state index is 13.2. The first-order chi connectivity index (χ1) is 13.3. The maximum Gasteiger partial charge on any atom is 0.433 e. The van der Waals surface area contributed by atoms with Crippen molar-refractivity contribution in [1.29, 1.82) is 5.26 Å². The molecule has 1 aromatic carbocycles. The molecular formula is C19H14F3N5O. The molecule has 3 N–H and O–H groups in total. The number of pyridine rings is 1. The molecule has 2 aromatic rings. The Labute approximate surface area is 157 Å². The minimum absolute atomic E-state index is 0.0154. The number of carbonyl (C=O) groups excluding carboxylic acids is 1. The van der Waals surface area contributed by atoms with Gasteiger partial charge in [0.25, 0.3) is 0 Å². The molecule has 0 bridgehead atoms. The van der Waals surface area contributed by atoms with Crippen LogP contribution in [0, 0.1) is 23.2 Å². The second-order valence-corrected chi connectivity index (χ2v) is 6.73. The van der Waals surface area contributed by atoms with Crippen LogP contribution in [-0.2, 0) is 4.79 Å². The van der Waals surface area contributed by atoms with Gasteiger partial charge in [0, 0.05) is 22.8 Å². The van der Waals surface area contributed by atoms with Gasteiger partial charge in [-0.05, 0) is 35.6 Å². The van der Waals surface area contributed by atoms with Gasteiger partial charge in [0.1, 0.15) is 11.5 Å². The number of fused-ring (bicyclic) bond motifs is 1. The number of carbonyl (C=O) groups is 1. The van der Waals surface area contributed by atoms with Crippen LogP contribution in [0.15, 0.2) is 35.5 Å². The van der Waals surface area contributed by atoms with Gasteiger partial charge in [-0.2, -0.15) is 18.4 Å². The highest BCUT2D eigenvalue weighted by Crippen LogP contribution is 2.39. The van der Waals surface area contributed by atoms with Crippen LogP contribution in [0.4, 0.5) is 24.7 Å². The van der Waals surface area contributed by atoms with Gasteiger partial charge in [0.05, 0.1) is 24.4 Å². The van der Waals surface area contributed by atoms with Crippen molar-refractivity contribution in [2.75, 3.05) is 17.6 Å². The van der Waals surface area contributed by atoms with Gasteiger partial charge in [-0.1, -0.05) is 6.08 Å². The largest absolute Gasteiger partial charge is 0.433 e. The number of nitriles is 1. The number of anilines is 2. The Kier molecular flexibility index (Phi) is 4.07. The first kappa shape index (κ1) is 18.0. The van der Waals surface area contributed by atoms with Gasteiger partial charge >= 0.3 is 6.18 Å². The van der Waals surface area contributed by atoms with E-state index < -0.39 is 11.9 Å². The maximum absolute atomic E-state index is 13.2. The van der Waals surface area contributed by atoms with E-state index in [9.17, 15) is 18.0 Å². The molecule has 1 amide bonds. The first-order valence-electron chi connectivity index (χ1n) is 8.50. The van der Waals surface area contributed by atoms with E-state index in [4.69, 9.17) is 11.0 Å². The van der Waals surface area contributed by atoms with E-state index >= 15 is 0 Å². The van der Waals surface area contributed by atoms with Crippen molar-refractivity contribution in [1.82, 2.24) is 4.98 Å². The van der Waals surface area contributed by atoms with Crippen molar-refractivity contribution in [2.24, 2.45) is 16.8 Å². The van der Waals surface area contributed by atoms with Crippen molar-refractivity contribution >= 4 is 39.5 Å². The normalized spacial score (nSPS) is 21.1. The molecule has 2 heterocycles. The van der Waals surface area contributed by atoms with E-state index in [1.165, 1.54) is 18.3 Å². The SMILES string of the molecule is N#C[C@@H]1C[C@H]1C(=O)Nc1cc2cc(C3=CCN=C3C(F)(F)F)cc(N)c2cn1. The van der Waals surface area contributed by atoms with Crippen molar-refractivity contribution < 1.29 is 18.0 Å². The molecule has 1 saturated carbocycles.